The standard InChI is InChI=1S/C8H11N3/c1-5-3-4-9-8-6(2)10-11-7(5)8/h4-5H,3H2,1-2H3,(H,10,11). The average molecular weight is 149 g/mol. The normalized spacial score (nSPS) is 21.8. The molecule has 0 aliphatic carbocycles. The van der Waals surface area contributed by atoms with Gasteiger partial charge in [-0.25, -0.2) is 0 Å². The lowest BCUT2D eigenvalue weighted by Gasteiger charge is -2.11. The SMILES string of the molecule is Cc1n[nH]c2c1N=CCC2C. The van der Waals surface area contributed by atoms with Gasteiger partial charge in [-0.2, -0.15) is 5.10 Å². The number of rotatable bonds is 0. The van der Waals surface area contributed by atoms with Crippen molar-refractivity contribution in [2.75, 3.05) is 0 Å². The van der Waals surface area contributed by atoms with Crippen molar-refractivity contribution in [2.24, 2.45) is 4.99 Å². The first-order chi connectivity index (χ1) is 5.29. The van der Waals surface area contributed by atoms with Gasteiger partial charge in [-0.05, 0) is 13.3 Å². The average Bonchev–Trinajstić information content (AvgIpc) is 2.35. The summed E-state index contributed by atoms with van der Waals surface area (Å²) in [4.78, 5) is 4.28. The summed E-state index contributed by atoms with van der Waals surface area (Å²) in [5.41, 5.74) is 3.23. The van der Waals surface area contributed by atoms with Crippen LogP contribution in [-0.4, -0.2) is 16.4 Å². The molecular weight excluding hydrogens is 138 g/mol. The number of aryl methyl sites for hydroxylation is 1. The number of nitrogens with one attached hydrogen (secondary N) is 1. The van der Waals surface area contributed by atoms with E-state index in [4.69, 9.17) is 0 Å². The molecule has 0 saturated carbocycles. The van der Waals surface area contributed by atoms with Gasteiger partial charge in [0.2, 0.25) is 0 Å². The number of H-pyrrole nitrogens is 1. The number of fused-ring (bicyclic) bond motifs is 1. The lowest BCUT2D eigenvalue weighted by Crippen LogP contribution is -1.99. The summed E-state index contributed by atoms with van der Waals surface area (Å²) >= 11 is 0. The molecule has 3 heteroatoms. The Morgan fingerprint density at radius 2 is 2.45 bits per heavy atom. The predicted molar refractivity (Wildman–Crippen MR) is 44.5 cm³/mol. The predicted octanol–water partition coefficient (Wildman–Crippen LogP) is 1.93. The first-order valence-electron chi connectivity index (χ1n) is 3.86. The Kier molecular flexibility index (Phi) is 1.31. The zero-order valence-electron chi connectivity index (χ0n) is 6.76. The Bertz CT molecular complexity index is 298. The highest BCUT2D eigenvalue weighted by molar-refractivity contribution is 5.70. The van der Waals surface area contributed by atoms with E-state index in [1.54, 1.807) is 0 Å². The zero-order valence-corrected chi connectivity index (χ0v) is 6.76. The maximum Gasteiger partial charge on any atom is 0.107 e. The highest BCUT2D eigenvalue weighted by Gasteiger charge is 2.17. The van der Waals surface area contributed by atoms with E-state index in [-0.39, 0.29) is 0 Å². The molecule has 2 heterocycles. The van der Waals surface area contributed by atoms with Crippen LogP contribution in [0.2, 0.25) is 0 Å². The van der Waals surface area contributed by atoms with E-state index < -0.39 is 0 Å². The Morgan fingerprint density at radius 3 is 3.18 bits per heavy atom. The van der Waals surface area contributed by atoms with Gasteiger partial charge in [-0.1, -0.05) is 6.92 Å². The third kappa shape index (κ3) is 0.878. The molecule has 0 bridgehead atoms. The fourth-order valence-electron chi connectivity index (χ4n) is 1.37. The van der Waals surface area contributed by atoms with Crippen molar-refractivity contribution in [3.8, 4) is 0 Å². The summed E-state index contributed by atoms with van der Waals surface area (Å²) in [6, 6.07) is 0. The molecule has 1 aliphatic rings. The minimum Gasteiger partial charge on any atom is -0.280 e. The Morgan fingerprint density at radius 1 is 1.64 bits per heavy atom. The highest BCUT2D eigenvalue weighted by atomic mass is 15.1. The minimum atomic E-state index is 0.545. The lowest BCUT2D eigenvalue weighted by molar-refractivity contribution is 0.760. The van der Waals surface area contributed by atoms with Gasteiger partial charge in [0.1, 0.15) is 5.69 Å². The molecule has 1 aliphatic heterocycles. The molecular formula is C8H11N3. The smallest absolute Gasteiger partial charge is 0.107 e. The molecule has 3 nitrogen and oxygen atoms in total. The van der Waals surface area contributed by atoms with Gasteiger partial charge in [-0.15, -0.1) is 0 Å². The zero-order chi connectivity index (χ0) is 7.84. The molecule has 0 radical (unpaired) electrons. The molecule has 11 heavy (non-hydrogen) atoms. The lowest BCUT2D eigenvalue weighted by atomic mass is 10.0. The molecule has 0 spiro atoms. The second-order valence-electron chi connectivity index (χ2n) is 3.02. The van der Waals surface area contributed by atoms with Crippen molar-refractivity contribution in [1.29, 1.82) is 0 Å². The first-order valence-corrected chi connectivity index (χ1v) is 3.86. The van der Waals surface area contributed by atoms with Crippen LogP contribution in [0.3, 0.4) is 0 Å². The van der Waals surface area contributed by atoms with Crippen molar-refractivity contribution in [3.63, 3.8) is 0 Å². The molecule has 1 aromatic rings. The van der Waals surface area contributed by atoms with E-state index in [0.29, 0.717) is 5.92 Å². The Labute approximate surface area is 65.5 Å². The Balaban J connectivity index is 2.57. The minimum absolute atomic E-state index is 0.545. The van der Waals surface area contributed by atoms with Crippen LogP contribution in [0, 0.1) is 6.92 Å². The summed E-state index contributed by atoms with van der Waals surface area (Å²) < 4.78 is 0. The maximum atomic E-state index is 4.28. The highest BCUT2D eigenvalue weighted by Crippen LogP contribution is 2.32. The number of hydrogen-bond acceptors (Lipinski definition) is 2. The van der Waals surface area contributed by atoms with Crippen molar-refractivity contribution >= 4 is 11.9 Å². The summed E-state index contributed by atoms with van der Waals surface area (Å²) in [5, 5.41) is 7.12. The molecule has 0 saturated heterocycles. The van der Waals surface area contributed by atoms with Crippen LogP contribution in [0.5, 0.6) is 0 Å². The van der Waals surface area contributed by atoms with Crippen LogP contribution in [0.25, 0.3) is 0 Å². The quantitative estimate of drug-likeness (QED) is 0.601. The van der Waals surface area contributed by atoms with E-state index in [1.165, 1.54) is 5.69 Å². The second-order valence-corrected chi connectivity index (χ2v) is 3.02. The van der Waals surface area contributed by atoms with Crippen molar-refractivity contribution in [3.05, 3.63) is 11.4 Å². The molecule has 1 unspecified atom stereocenters. The topological polar surface area (TPSA) is 41.0 Å². The summed E-state index contributed by atoms with van der Waals surface area (Å²) in [5.74, 6) is 0.545. The molecule has 1 N–H and O–H groups in total. The molecule has 2 rings (SSSR count). The number of nitrogens with zero attached hydrogens (tertiary/aromatic N) is 2. The van der Waals surface area contributed by atoms with Gasteiger partial charge in [0.15, 0.2) is 0 Å². The van der Waals surface area contributed by atoms with E-state index in [2.05, 4.69) is 22.1 Å². The third-order valence-electron chi connectivity index (χ3n) is 2.11. The first kappa shape index (κ1) is 6.58. The van der Waals surface area contributed by atoms with Gasteiger partial charge < -0.3 is 0 Å². The van der Waals surface area contributed by atoms with Crippen LogP contribution in [0.1, 0.15) is 30.7 Å². The van der Waals surface area contributed by atoms with Crippen molar-refractivity contribution < 1.29 is 0 Å². The number of aromatic amines is 1. The van der Waals surface area contributed by atoms with Gasteiger partial charge in [0.25, 0.3) is 0 Å². The number of aromatic nitrogens is 2. The molecule has 1 atom stereocenters. The van der Waals surface area contributed by atoms with Crippen LogP contribution < -0.4 is 0 Å². The van der Waals surface area contributed by atoms with Gasteiger partial charge in [-0.3, -0.25) is 10.1 Å². The monoisotopic (exact) mass is 149 g/mol. The van der Waals surface area contributed by atoms with Gasteiger partial charge in [0.05, 0.1) is 11.4 Å². The summed E-state index contributed by atoms with van der Waals surface area (Å²) in [6.07, 6.45) is 2.99. The van der Waals surface area contributed by atoms with Crippen molar-refractivity contribution in [1.82, 2.24) is 10.2 Å². The van der Waals surface area contributed by atoms with Gasteiger partial charge >= 0.3 is 0 Å². The number of aliphatic imine (C=N–C) groups is 1. The molecule has 58 valence electrons. The van der Waals surface area contributed by atoms with E-state index in [9.17, 15) is 0 Å². The Hall–Kier alpha value is -1.12. The van der Waals surface area contributed by atoms with Crippen LogP contribution in [0.4, 0.5) is 5.69 Å². The molecule has 0 aromatic carbocycles. The van der Waals surface area contributed by atoms with E-state index >= 15 is 0 Å². The van der Waals surface area contributed by atoms with Crippen molar-refractivity contribution in [2.45, 2.75) is 26.2 Å². The van der Waals surface area contributed by atoms with Crippen LogP contribution in [-0.2, 0) is 0 Å². The van der Waals surface area contributed by atoms with Crippen LogP contribution >= 0.6 is 0 Å². The van der Waals surface area contributed by atoms with Gasteiger partial charge in [0, 0.05) is 12.1 Å². The summed E-state index contributed by atoms with van der Waals surface area (Å²) in [6.45, 7) is 4.16. The molecule has 0 fully saturated rings. The van der Waals surface area contributed by atoms with E-state index in [1.807, 2.05) is 13.1 Å². The fraction of sp³-hybridized carbons (Fsp3) is 0.500. The van der Waals surface area contributed by atoms with Crippen LogP contribution in [0.15, 0.2) is 4.99 Å². The number of hydrogen-bond donors (Lipinski definition) is 1. The summed E-state index contributed by atoms with van der Waals surface area (Å²) in [7, 11) is 0. The largest absolute Gasteiger partial charge is 0.280 e. The fourth-order valence-corrected chi connectivity index (χ4v) is 1.37. The molecule has 1 aromatic heterocycles. The molecule has 0 amide bonds. The third-order valence-corrected chi connectivity index (χ3v) is 2.11. The second kappa shape index (κ2) is 2.19. The van der Waals surface area contributed by atoms with E-state index in [0.717, 1.165) is 17.8 Å². The maximum absolute atomic E-state index is 4.28.